The molecule has 1 fully saturated rings. The molecule has 5 heterocycles. The van der Waals surface area contributed by atoms with Gasteiger partial charge in [-0.2, -0.15) is 0 Å². The zero-order valence-electron chi connectivity index (χ0n) is 22.3. The van der Waals surface area contributed by atoms with Crippen LogP contribution in [0.3, 0.4) is 0 Å². The summed E-state index contributed by atoms with van der Waals surface area (Å²) in [6.45, 7) is 1.81. The lowest BCUT2D eigenvalue weighted by Gasteiger charge is -2.32. The van der Waals surface area contributed by atoms with Crippen LogP contribution in [0.2, 0.25) is 5.02 Å². The Bertz CT molecular complexity index is 1530. The first-order valence-corrected chi connectivity index (χ1v) is 13.3. The van der Waals surface area contributed by atoms with Crippen molar-refractivity contribution in [2.45, 2.75) is 18.9 Å². The topological polar surface area (TPSA) is 132 Å². The Morgan fingerprint density at radius 3 is 2.73 bits per heavy atom. The smallest absolute Gasteiger partial charge is 0.272 e. The summed E-state index contributed by atoms with van der Waals surface area (Å²) in [4.78, 5) is 49.6. The number of likely N-dealkylation sites (N-methyl/N-ethyl adjacent to an activating group) is 1. The van der Waals surface area contributed by atoms with Crippen LogP contribution in [-0.2, 0) is 4.79 Å². The van der Waals surface area contributed by atoms with Gasteiger partial charge in [-0.05, 0) is 51.2 Å². The molecule has 40 heavy (non-hydrogen) atoms. The summed E-state index contributed by atoms with van der Waals surface area (Å²) in [5.41, 5.74) is 3.12. The molecule has 3 N–H and O–H groups in total. The molecule has 0 radical (unpaired) electrons. The number of hydrogen-bond donors (Lipinski definition) is 3. The van der Waals surface area contributed by atoms with Crippen molar-refractivity contribution in [3.8, 4) is 11.3 Å². The van der Waals surface area contributed by atoms with Gasteiger partial charge in [-0.25, -0.2) is 19.9 Å². The molecule has 0 saturated carbocycles. The number of aromatic amines is 1. The molecule has 11 nitrogen and oxygen atoms in total. The highest BCUT2D eigenvalue weighted by Crippen LogP contribution is 2.32. The van der Waals surface area contributed by atoms with Crippen LogP contribution < -0.4 is 10.6 Å². The van der Waals surface area contributed by atoms with Gasteiger partial charge >= 0.3 is 0 Å². The van der Waals surface area contributed by atoms with Gasteiger partial charge in [0.05, 0.1) is 28.8 Å². The fourth-order valence-corrected chi connectivity index (χ4v) is 4.69. The molecule has 0 aromatic carbocycles. The minimum absolute atomic E-state index is 0.105. The van der Waals surface area contributed by atoms with E-state index >= 15 is 0 Å². The first-order valence-electron chi connectivity index (χ1n) is 13.0. The number of nitrogens with zero attached hydrogens (tertiary/aromatic N) is 6. The number of pyridine rings is 2. The zero-order valence-corrected chi connectivity index (χ0v) is 23.0. The van der Waals surface area contributed by atoms with Gasteiger partial charge in [-0.3, -0.25) is 9.59 Å². The van der Waals surface area contributed by atoms with Gasteiger partial charge in [0, 0.05) is 55.1 Å². The average Bonchev–Trinajstić information content (AvgIpc) is 3.38. The summed E-state index contributed by atoms with van der Waals surface area (Å²) < 4.78 is 0. The minimum Gasteiger partial charge on any atom is -0.351 e. The van der Waals surface area contributed by atoms with Crippen LogP contribution in [-0.4, -0.2) is 86.3 Å². The monoisotopic (exact) mass is 559 g/mol. The highest BCUT2D eigenvalue weighted by molar-refractivity contribution is 6.33. The summed E-state index contributed by atoms with van der Waals surface area (Å²) in [7, 11) is 3.85. The second kappa shape index (κ2) is 12.2. The molecule has 2 amide bonds. The standard InChI is InChI=1S/C28H30ClN9O2/c1-37(2)12-4-6-24(39)34-19-7-8-23(31-15-19)27(40)38-13-9-18(10-14-38)35-28-33-17-22(29)25(36-28)21-16-32-26-20(21)5-3-11-30-26/h3-8,11,15-18H,9-10,12-14H2,1-2H3,(H,30,32)(H,34,39)(H,33,35,36)/b6-4+. The van der Waals surface area contributed by atoms with E-state index in [1.807, 2.05) is 37.3 Å². The van der Waals surface area contributed by atoms with Crippen molar-refractivity contribution in [2.75, 3.05) is 44.4 Å². The van der Waals surface area contributed by atoms with E-state index in [0.29, 0.717) is 47.7 Å². The number of fused-ring (bicyclic) bond motifs is 1. The quantitative estimate of drug-likeness (QED) is 0.277. The highest BCUT2D eigenvalue weighted by atomic mass is 35.5. The van der Waals surface area contributed by atoms with Crippen LogP contribution >= 0.6 is 11.6 Å². The maximum atomic E-state index is 13.0. The first kappa shape index (κ1) is 27.2. The number of hydrogen-bond acceptors (Lipinski definition) is 8. The Hall–Kier alpha value is -4.35. The number of aromatic nitrogens is 5. The lowest BCUT2D eigenvalue weighted by molar-refractivity contribution is -0.111. The Morgan fingerprint density at radius 1 is 1.15 bits per heavy atom. The van der Waals surface area contributed by atoms with Gasteiger partial charge in [0.25, 0.3) is 5.91 Å². The zero-order chi connectivity index (χ0) is 28.1. The Balaban J connectivity index is 1.16. The van der Waals surface area contributed by atoms with Crippen molar-refractivity contribution < 1.29 is 9.59 Å². The predicted octanol–water partition coefficient (Wildman–Crippen LogP) is 3.84. The van der Waals surface area contributed by atoms with Crippen molar-refractivity contribution in [1.82, 2.24) is 34.7 Å². The van der Waals surface area contributed by atoms with Crippen LogP contribution in [0.4, 0.5) is 11.6 Å². The second-order valence-corrected chi connectivity index (χ2v) is 10.2. The summed E-state index contributed by atoms with van der Waals surface area (Å²) in [5, 5.41) is 7.53. The molecule has 0 aliphatic carbocycles. The fraction of sp³-hybridized carbons (Fsp3) is 0.286. The van der Waals surface area contributed by atoms with Crippen LogP contribution in [0.5, 0.6) is 0 Å². The molecule has 0 bridgehead atoms. The molecule has 4 aromatic rings. The number of likely N-dealkylation sites (tertiary alicyclic amines) is 1. The summed E-state index contributed by atoms with van der Waals surface area (Å²) in [6, 6.07) is 7.27. The van der Waals surface area contributed by atoms with E-state index in [9.17, 15) is 9.59 Å². The number of anilines is 2. The Morgan fingerprint density at radius 2 is 1.98 bits per heavy atom. The van der Waals surface area contributed by atoms with E-state index in [1.165, 1.54) is 12.3 Å². The Labute approximate surface area is 236 Å². The molecule has 1 saturated heterocycles. The SMILES string of the molecule is CN(C)C/C=C/C(=O)Nc1ccc(C(=O)N2CCC(Nc3ncc(Cl)c(-c4c[nH]c5ncccc45)n3)CC2)nc1. The lowest BCUT2D eigenvalue weighted by Crippen LogP contribution is -2.42. The van der Waals surface area contributed by atoms with Crippen molar-refractivity contribution in [3.05, 3.63) is 71.9 Å². The molecule has 1 aliphatic heterocycles. The van der Waals surface area contributed by atoms with E-state index < -0.39 is 0 Å². The van der Waals surface area contributed by atoms with Gasteiger partial charge in [0.15, 0.2) is 0 Å². The number of rotatable bonds is 8. The predicted molar refractivity (Wildman–Crippen MR) is 155 cm³/mol. The molecular formula is C28H30ClN9O2. The number of piperidine rings is 1. The number of nitrogens with one attached hydrogen (secondary N) is 3. The highest BCUT2D eigenvalue weighted by Gasteiger charge is 2.25. The molecule has 0 unspecified atom stereocenters. The van der Waals surface area contributed by atoms with Crippen molar-refractivity contribution in [3.63, 3.8) is 0 Å². The van der Waals surface area contributed by atoms with E-state index in [-0.39, 0.29) is 17.9 Å². The number of carbonyl (C=O) groups excluding carboxylic acids is 2. The minimum atomic E-state index is -0.243. The van der Waals surface area contributed by atoms with Gasteiger partial charge in [-0.1, -0.05) is 17.7 Å². The van der Waals surface area contributed by atoms with E-state index in [4.69, 9.17) is 11.6 Å². The number of halogens is 1. The molecule has 12 heteroatoms. The number of carbonyl (C=O) groups is 2. The van der Waals surface area contributed by atoms with Gasteiger partial charge in [0.1, 0.15) is 11.3 Å². The van der Waals surface area contributed by atoms with Gasteiger partial charge in [-0.15, -0.1) is 0 Å². The third kappa shape index (κ3) is 6.44. The van der Waals surface area contributed by atoms with E-state index in [0.717, 1.165) is 29.4 Å². The van der Waals surface area contributed by atoms with E-state index in [1.54, 1.807) is 35.5 Å². The molecule has 0 atom stereocenters. The number of H-pyrrole nitrogens is 1. The third-order valence-electron chi connectivity index (χ3n) is 6.56. The fourth-order valence-electron chi connectivity index (χ4n) is 4.50. The average molecular weight is 560 g/mol. The number of amides is 2. The van der Waals surface area contributed by atoms with Crippen LogP contribution in [0.15, 0.2) is 61.2 Å². The largest absolute Gasteiger partial charge is 0.351 e. The van der Waals surface area contributed by atoms with E-state index in [2.05, 4.69) is 35.6 Å². The normalized spacial score (nSPS) is 14.2. The molecule has 0 spiro atoms. The summed E-state index contributed by atoms with van der Waals surface area (Å²) in [6.07, 6.45) is 11.4. The lowest BCUT2D eigenvalue weighted by atomic mass is 10.0. The molecule has 206 valence electrons. The molecule has 4 aromatic heterocycles. The molecule has 5 rings (SSSR count). The second-order valence-electron chi connectivity index (χ2n) is 9.79. The maximum absolute atomic E-state index is 13.0. The van der Waals surface area contributed by atoms with Crippen LogP contribution in [0.1, 0.15) is 23.3 Å². The van der Waals surface area contributed by atoms with Crippen molar-refractivity contribution in [2.24, 2.45) is 0 Å². The summed E-state index contributed by atoms with van der Waals surface area (Å²) >= 11 is 6.45. The summed E-state index contributed by atoms with van der Waals surface area (Å²) in [5.74, 6) is 0.103. The first-order chi connectivity index (χ1) is 19.4. The van der Waals surface area contributed by atoms with Gasteiger partial charge < -0.3 is 25.4 Å². The third-order valence-corrected chi connectivity index (χ3v) is 6.83. The molecular weight excluding hydrogens is 530 g/mol. The van der Waals surface area contributed by atoms with Crippen molar-refractivity contribution in [1.29, 1.82) is 0 Å². The maximum Gasteiger partial charge on any atom is 0.272 e. The van der Waals surface area contributed by atoms with Crippen LogP contribution in [0.25, 0.3) is 22.3 Å². The Kier molecular flexibility index (Phi) is 8.32. The van der Waals surface area contributed by atoms with Gasteiger partial charge in [0.2, 0.25) is 11.9 Å². The van der Waals surface area contributed by atoms with Crippen LogP contribution in [0, 0.1) is 0 Å². The van der Waals surface area contributed by atoms with Crippen molar-refractivity contribution >= 4 is 46.1 Å². The molecule has 1 aliphatic rings.